The smallest absolute Gasteiger partial charge is 0.339 e. The molecule has 24 heavy (non-hydrogen) atoms. The van der Waals surface area contributed by atoms with Gasteiger partial charge in [-0.05, 0) is 31.9 Å². The Kier molecular flexibility index (Phi) is 4.88. The van der Waals surface area contributed by atoms with Crippen molar-refractivity contribution in [3.63, 3.8) is 0 Å². The van der Waals surface area contributed by atoms with Gasteiger partial charge in [0.25, 0.3) is 11.6 Å². The number of nitro groups is 1. The summed E-state index contributed by atoms with van der Waals surface area (Å²) < 4.78 is 28.0. The van der Waals surface area contributed by atoms with Crippen LogP contribution in [0.15, 0.2) is 23.1 Å². The van der Waals surface area contributed by atoms with Crippen molar-refractivity contribution in [3.8, 4) is 0 Å². The number of carbonyl (C=O) groups excluding carboxylic acids is 2. The number of hydrogen-bond acceptors (Lipinski definition) is 7. The van der Waals surface area contributed by atoms with Crippen LogP contribution in [0.1, 0.15) is 30.1 Å². The quantitative estimate of drug-likeness (QED) is 0.453. The summed E-state index contributed by atoms with van der Waals surface area (Å²) in [7, 11) is -3.82. The van der Waals surface area contributed by atoms with Gasteiger partial charge in [-0.25, -0.2) is 13.2 Å². The molecule has 0 unspecified atom stereocenters. The molecule has 1 N–H and O–H groups in total. The van der Waals surface area contributed by atoms with Crippen LogP contribution >= 0.6 is 0 Å². The minimum atomic E-state index is -3.82. The summed E-state index contributed by atoms with van der Waals surface area (Å²) in [6.45, 7) is 1.38. The number of ether oxygens (including phenoxy) is 1. The van der Waals surface area contributed by atoms with E-state index in [9.17, 15) is 28.1 Å². The van der Waals surface area contributed by atoms with Crippen LogP contribution in [0.4, 0.5) is 5.69 Å². The summed E-state index contributed by atoms with van der Waals surface area (Å²) >= 11 is 0. The fraction of sp³-hybridized carbons (Fsp3) is 0.429. The minimum Gasteiger partial charge on any atom is -0.449 e. The molecule has 1 saturated carbocycles. The first kappa shape index (κ1) is 17.9. The van der Waals surface area contributed by atoms with Crippen LogP contribution < -0.4 is 5.32 Å². The Labute approximate surface area is 138 Å². The Hall–Kier alpha value is -2.49. The maximum atomic E-state index is 12.0. The molecule has 0 saturated heterocycles. The monoisotopic (exact) mass is 356 g/mol. The van der Waals surface area contributed by atoms with E-state index in [1.54, 1.807) is 0 Å². The summed E-state index contributed by atoms with van der Waals surface area (Å²) in [6.07, 6.45) is 1.53. The van der Waals surface area contributed by atoms with Gasteiger partial charge in [0.1, 0.15) is 4.90 Å². The van der Waals surface area contributed by atoms with Crippen molar-refractivity contribution in [2.24, 2.45) is 0 Å². The lowest BCUT2D eigenvalue weighted by molar-refractivity contribution is -0.387. The molecule has 1 aliphatic rings. The summed E-state index contributed by atoms with van der Waals surface area (Å²) in [5, 5.41) is 13.7. The predicted octanol–water partition coefficient (Wildman–Crippen LogP) is 0.822. The number of esters is 1. The van der Waals surface area contributed by atoms with Gasteiger partial charge in [0.05, 0.1) is 10.5 Å². The molecule has 0 aliphatic heterocycles. The summed E-state index contributed by atoms with van der Waals surface area (Å²) in [4.78, 5) is 33.4. The Balaban J connectivity index is 2.18. The molecule has 10 heteroatoms. The summed E-state index contributed by atoms with van der Waals surface area (Å²) in [5.41, 5.74) is -0.929. The third-order valence-corrected chi connectivity index (χ3v) is 4.51. The lowest BCUT2D eigenvalue weighted by Crippen LogP contribution is -2.37. The average molecular weight is 356 g/mol. The zero-order chi connectivity index (χ0) is 18.1. The van der Waals surface area contributed by atoms with E-state index in [1.807, 2.05) is 0 Å². The highest BCUT2D eigenvalue weighted by Crippen LogP contribution is 2.25. The summed E-state index contributed by atoms with van der Waals surface area (Å²) in [5.74, 6) is -1.40. The molecule has 0 spiro atoms. The zero-order valence-corrected chi connectivity index (χ0v) is 13.8. The SMILES string of the molecule is C[C@@H](OC(=O)c1ccc(S(C)(=O)=O)c([N+](=O)[O-])c1)C(=O)NC1CC1. The third kappa shape index (κ3) is 4.28. The normalized spacial score (nSPS) is 15.4. The molecule has 1 aliphatic carbocycles. The van der Waals surface area contributed by atoms with Crippen LogP contribution in [-0.2, 0) is 19.4 Å². The number of benzene rings is 1. The van der Waals surface area contributed by atoms with Gasteiger partial charge in [0.15, 0.2) is 15.9 Å². The van der Waals surface area contributed by atoms with Crippen LogP contribution in [0.5, 0.6) is 0 Å². The molecule has 1 amide bonds. The van der Waals surface area contributed by atoms with Crippen molar-refractivity contribution in [3.05, 3.63) is 33.9 Å². The molecule has 1 aromatic rings. The second-order valence-corrected chi connectivity index (χ2v) is 7.53. The average Bonchev–Trinajstić information content (AvgIpc) is 3.29. The van der Waals surface area contributed by atoms with Gasteiger partial charge >= 0.3 is 5.97 Å². The van der Waals surface area contributed by atoms with Gasteiger partial charge in [0, 0.05) is 18.4 Å². The molecule has 9 nitrogen and oxygen atoms in total. The Bertz CT molecular complexity index is 799. The van der Waals surface area contributed by atoms with E-state index in [-0.39, 0.29) is 11.6 Å². The molecule has 1 atom stereocenters. The van der Waals surface area contributed by atoms with Crippen LogP contribution in [0.3, 0.4) is 0 Å². The molecular weight excluding hydrogens is 340 g/mol. The van der Waals surface area contributed by atoms with Crippen molar-refractivity contribution in [1.29, 1.82) is 0 Å². The van der Waals surface area contributed by atoms with Gasteiger partial charge in [-0.3, -0.25) is 14.9 Å². The second kappa shape index (κ2) is 6.56. The van der Waals surface area contributed by atoms with Crippen molar-refractivity contribution >= 4 is 27.4 Å². The fourth-order valence-corrected chi connectivity index (χ4v) is 2.76. The van der Waals surface area contributed by atoms with E-state index in [0.29, 0.717) is 0 Å². The first-order valence-electron chi connectivity index (χ1n) is 7.09. The predicted molar refractivity (Wildman–Crippen MR) is 82.2 cm³/mol. The van der Waals surface area contributed by atoms with E-state index in [1.165, 1.54) is 6.92 Å². The van der Waals surface area contributed by atoms with E-state index >= 15 is 0 Å². The number of sulfone groups is 1. The van der Waals surface area contributed by atoms with Crippen molar-refractivity contribution in [1.82, 2.24) is 5.32 Å². The Morgan fingerprint density at radius 3 is 2.50 bits per heavy atom. The van der Waals surface area contributed by atoms with Crippen molar-refractivity contribution < 1.29 is 27.7 Å². The van der Waals surface area contributed by atoms with Crippen molar-refractivity contribution in [2.45, 2.75) is 36.8 Å². The molecule has 1 aromatic carbocycles. The molecule has 0 heterocycles. The number of nitro benzene ring substituents is 1. The van der Waals surface area contributed by atoms with Gasteiger partial charge in [-0.15, -0.1) is 0 Å². The van der Waals surface area contributed by atoms with E-state index < -0.39 is 43.3 Å². The maximum Gasteiger partial charge on any atom is 0.339 e. The first-order valence-corrected chi connectivity index (χ1v) is 8.98. The number of rotatable bonds is 6. The zero-order valence-electron chi connectivity index (χ0n) is 13.0. The summed E-state index contributed by atoms with van der Waals surface area (Å²) in [6, 6.07) is 3.01. The van der Waals surface area contributed by atoms with Gasteiger partial charge in [-0.2, -0.15) is 0 Å². The molecular formula is C14H16N2O7S. The fourth-order valence-electron chi connectivity index (χ4n) is 1.93. The van der Waals surface area contributed by atoms with E-state index in [0.717, 1.165) is 37.3 Å². The third-order valence-electron chi connectivity index (χ3n) is 3.37. The highest BCUT2D eigenvalue weighted by atomic mass is 32.2. The van der Waals surface area contributed by atoms with E-state index in [2.05, 4.69) is 5.32 Å². The number of amides is 1. The molecule has 0 aromatic heterocycles. The second-order valence-electron chi connectivity index (χ2n) is 5.54. The number of nitrogens with zero attached hydrogens (tertiary/aromatic N) is 1. The van der Waals surface area contributed by atoms with Crippen LogP contribution in [0, 0.1) is 10.1 Å². The molecule has 0 bridgehead atoms. The van der Waals surface area contributed by atoms with Crippen LogP contribution in [-0.4, -0.2) is 43.6 Å². The molecule has 0 radical (unpaired) electrons. The number of hydrogen-bond donors (Lipinski definition) is 1. The maximum absolute atomic E-state index is 12.0. The largest absolute Gasteiger partial charge is 0.449 e. The highest BCUT2D eigenvalue weighted by molar-refractivity contribution is 7.90. The first-order chi connectivity index (χ1) is 11.1. The Morgan fingerprint density at radius 1 is 1.38 bits per heavy atom. The van der Waals surface area contributed by atoms with Crippen LogP contribution in [0.2, 0.25) is 0 Å². The molecule has 2 rings (SSSR count). The van der Waals surface area contributed by atoms with Gasteiger partial charge in [0.2, 0.25) is 0 Å². The molecule has 130 valence electrons. The number of carbonyl (C=O) groups is 2. The van der Waals surface area contributed by atoms with Gasteiger partial charge < -0.3 is 10.1 Å². The molecule has 1 fully saturated rings. The van der Waals surface area contributed by atoms with Crippen molar-refractivity contribution in [2.75, 3.05) is 6.26 Å². The lowest BCUT2D eigenvalue weighted by atomic mass is 10.2. The topological polar surface area (TPSA) is 133 Å². The van der Waals surface area contributed by atoms with E-state index in [4.69, 9.17) is 4.74 Å². The Morgan fingerprint density at radius 2 is 2.00 bits per heavy atom. The minimum absolute atomic E-state index is 0.105. The highest BCUT2D eigenvalue weighted by Gasteiger charge is 2.29. The number of nitrogens with one attached hydrogen (secondary N) is 1. The van der Waals surface area contributed by atoms with Gasteiger partial charge in [-0.1, -0.05) is 0 Å². The lowest BCUT2D eigenvalue weighted by Gasteiger charge is -2.13. The van der Waals surface area contributed by atoms with Crippen LogP contribution in [0.25, 0.3) is 0 Å². The standard InChI is InChI=1S/C14H16N2O7S/c1-8(13(17)15-10-4-5-10)23-14(18)9-3-6-12(24(2,21)22)11(7-9)16(19)20/h3,6-8,10H,4-5H2,1-2H3,(H,15,17)/t8-/m1/s1.